The van der Waals surface area contributed by atoms with Crippen LogP contribution >= 0.6 is 0 Å². The van der Waals surface area contributed by atoms with Crippen molar-refractivity contribution in [3.8, 4) is 0 Å². The minimum absolute atomic E-state index is 0.170. The second-order valence-corrected chi connectivity index (χ2v) is 6.51. The van der Waals surface area contributed by atoms with Crippen molar-refractivity contribution in [3.05, 3.63) is 69.0 Å². The normalized spacial score (nSPS) is 10.9. The van der Waals surface area contributed by atoms with Crippen molar-refractivity contribution in [3.63, 3.8) is 0 Å². The number of nitrogens with one attached hydrogen (secondary N) is 1. The number of hydrogen-bond donors (Lipinski definition) is 1. The predicted octanol–water partition coefficient (Wildman–Crippen LogP) is 2.46. The summed E-state index contributed by atoms with van der Waals surface area (Å²) in [5.74, 6) is -0.170. The predicted molar refractivity (Wildman–Crippen MR) is 102 cm³/mol. The van der Waals surface area contributed by atoms with Gasteiger partial charge in [-0.05, 0) is 45.4 Å². The molecule has 2 heterocycles. The van der Waals surface area contributed by atoms with E-state index in [1.165, 1.54) is 0 Å². The number of fused-ring (bicyclic) bond motifs is 1. The fourth-order valence-electron chi connectivity index (χ4n) is 3.13. The average molecular weight is 350 g/mol. The van der Waals surface area contributed by atoms with E-state index in [9.17, 15) is 9.59 Å². The molecule has 26 heavy (non-hydrogen) atoms. The molecule has 0 atom stereocenters. The van der Waals surface area contributed by atoms with E-state index in [1.54, 1.807) is 17.6 Å². The largest absolute Gasteiger partial charge is 0.350 e. The van der Waals surface area contributed by atoms with Crippen LogP contribution in [0.1, 0.15) is 33.0 Å². The molecule has 0 spiro atoms. The van der Waals surface area contributed by atoms with Crippen LogP contribution in [0.4, 0.5) is 0 Å². The fourth-order valence-corrected chi connectivity index (χ4v) is 3.13. The molecule has 0 aliphatic carbocycles. The third-order valence-electron chi connectivity index (χ3n) is 4.38. The van der Waals surface area contributed by atoms with Crippen LogP contribution in [0.25, 0.3) is 10.9 Å². The first-order chi connectivity index (χ1) is 12.4. The summed E-state index contributed by atoms with van der Waals surface area (Å²) in [4.78, 5) is 33.2. The molecule has 1 N–H and O–H groups in total. The first-order valence-corrected chi connectivity index (χ1v) is 8.57. The van der Waals surface area contributed by atoms with Gasteiger partial charge >= 0.3 is 5.69 Å². The third-order valence-corrected chi connectivity index (χ3v) is 4.38. The number of amides is 1. The summed E-state index contributed by atoms with van der Waals surface area (Å²) in [6.07, 6.45) is 0. The van der Waals surface area contributed by atoms with Gasteiger partial charge in [0.05, 0.1) is 11.1 Å². The van der Waals surface area contributed by atoms with Gasteiger partial charge in [0.1, 0.15) is 0 Å². The Hall–Kier alpha value is -3.02. The lowest BCUT2D eigenvalue weighted by Crippen LogP contribution is -2.33. The van der Waals surface area contributed by atoms with Gasteiger partial charge in [-0.25, -0.2) is 4.79 Å². The van der Waals surface area contributed by atoms with E-state index in [1.807, 2.05) is 45.0 Å². The molecule has 6 nitrogen and oxygen atoms in total. The minimum Gasteiger partial charge on any atom is -0.350 e. The molecule has 0 saturated carbocycles. The standard InChI is InChI=1S/C20H22N4O2/c1-12-6-5-7-16-17(11-14(3)22-18(12)16)19(25)21-8-9-24-15(4)10-13(2)23-20(24)26/h5-7,10-11H,8-9H2,1-4H3,(H,21,25). The molecule has 0 saturated heterocycles. The van der Waals surface area contributed by atoms with Gasteiger partial charge in [-0.1, -0.05) is 18.2 Å². The minimum atomic E-state index is -0.294. The zero-order valence-corrected chi connectivity index (χ0v) is 15.5. The second-order valence-electron chi connectivity index (χ2n) is 6.51. The number of rotatable bonds is 4. The lowest BCUT2D eigenvalue weighted by atomic mass is 10.0. The number of carbonyl (C=O) groups excluding carboxylic acids is 1. The molecule has 0 bridgehead atoms. The van der Waals surface area contributed by atoms with Crippen LogP contribution in [0.2, 0.25) is 0 Å². The maximum atomic E-state index is 12.7. The van der Waals surface area contributed by atoms with Crippen molar-refractivity contribution in [2.45, 2.75) is 34.2 Å². The highest BCUT2D eigenvalue weighted by atomic mass is 16.2. The third kappa shape index (κ3) is 3.49. The zero-order chi connectivity index (χ0) is 18.8. The topological polar surface area (TPSA) is 76.9 Å². The second kappa shape index (κ2) is 7.07. The van der Waals surface area contributed by atoms with Crippen LogP contribution in [-0.4, -0.2) is 27.0 Å². The molecule has 3 rings (SSSR count). The van der Waals surface area contributed by atoms with Gasteiger partial charge < -0.3 is 5.32 Å². The number of aryl methyl sites for hydroxylation is 4. The Kier molecular flexibility index (Phi) is 4.84. The Morgan fingerprint density at radius 2 is 1.81 bits per heavy atom. The van der Waals surface area contributed by atoms with Crippen LogP contribution < -0.4 is 11.0 Å². The maximum absolute atomic E-state index is 12.7. The quantitative estimate of drug-likeness (QED) is 0.784. The van der Waals surface area contributed by atoms with Crippen molar-refractivity contribution in [2.75, 3.05) is 6.54 Å². The van der Waals surface area contributed by atoms with E-state index < -0.39 is 0 Å². The van der Waals surface area contributed by atoms with Gasteiger partial charge in [0.2, 0.25) is 0 Å². The number of pyridine rings is 1. The van der Waals surface area contributed by atoms with E-state index >= 15 is 0 Å². The Morgan fingerprint density at radius 1 is 1.08 bits per heavy atom. The molecule has 3 aromatic rings. The van der Waals surface area contributed by atoms with E-state index in [0.717, 1.165) is 27.9 Å². The van der Waals surface area contributed by atoms with Crippen molar-refractivity contribution in [1.29, 1.82) is 0 Å². The number of nitrogens with zero attached hydrogens (tertiary/aromatic N) is 3. The lowest BCUT2D eigenvalue weighted by Gasteiger charge is -2.12. The van der Waals surface area contributed by atoms with Gasteiger partial charge in [-0.2, -0.15) is 4.98 Å². The molecular weight excluding hydrogens is 328 g/mol. The van der Waals surface area contributed by atoms with Crippen LogP contribution in [0.5, 0.6) is 0 Å². The van der Waals surface area contributed by atoms with Crippen LogP contribution in [-0.2, 0) is 6.54 Å². The Morgan fingerprint density at radius 3 is 2.54 bits per heavy atom. The lowest BCUT2D eigenvalue weighted by molar-refractivity contribution is 0.0953. The molecule has 0 unspecified atom stereocenters. The molecule has 0 aliphatic heterocycles. The summed E-state index contributed by atoms with van der Waals surface area (Å²) in [5, 5.41) is 3.73. The first kappa shape index (κ1) is 17.8. The van der Waals surface area contributed by atoms with E-state index in [-0.39, 0.29) is 11.6 Å². The van der Waals surface area contributed by atoms with Gasteiger partial charge in [0.25, 0.3) is 5.91 Å². The maximum Gasteiger partial charge on any atom is 0.348 e. The molecule has 1 amide bonds. The van der Waals surface area contributed by atoms with Crippen LogP contribution in [0.3, 0.4) is 0 Å². The van der Waals surface area contributed by atoms with Crippen molar-refractivity contribution >= 4 is 16.8 Å². The SMILES string of the molecule is Cc1cc(C)n(CCNC(=O)c2cc(C)nc3c(C)cccc23)c(=O)n1. The highest BCUT2D eigenvalue weighted by Crippen LogP contribution is 2.21. The molecule has 0 fully saturated rings. The summed E-state index contributed by atoms with van der Waals surface area (Å²) in [7, 11) is 0. The Balaban J connectivity index is 1.81. The average Bonchev–Trinajstić information content (AvgIpc) is 2.57. The number of carbonyl (C=O) groups is 1. The molecule has 1 aromatic carbocycles. The number of aromatic nitrogens is 3. The van der Waals surface area contributed by atoms with Gasteiger partial charge in [-0.15, -0.1) is 0 Å². The highest BCUT2D eigenvalue weighted by Gasteiger charge is 2.13. The van der Waals surface area contributed by atoms with E-state index in [0.29, 0.717) is 24.3 Å². The Bertz CT molecular complexity index is 1050. The van der Waals surface area contributed by atoms with Gasteiger partial charge in [-0.3, -0.25) is 14.3 Å². The smallest absolute Gasteiger partial charge is 0.348 e. The summed E-state index contributed by atoms with van der Waals surface area (Å²) in [6, 6.07) is 9.46. The Labute approximate surface area is 151 Å². The van der Waals surface area contributed by atoms with E-state index in [4.69, 9.17) is 0 Å². The van der Waals surface area contributed by atoms with Crippen molar-refractivity contribution in [2.24, 2.45) is 0 Å². The first-order valence-electron chi connectivity index (χ1n) is 8.57. The van der Waals surface area contributed by atoms with Crippen LogP contribution in [0.15, 0.2) is 35.1 Å². The van der Waals surface area contributed by atoms with Crippen LogP contribution in [0, 0.1) is 27.7 Å². The summed E-state index contributed by atoms with van der Waals surface area (Å²) >= 11 is 0. The molecule has 2 aromatic heterocycles. The van der Waals surface area contributed by atoms with Crippen molar-refractivity contribution in [1.82, 2.24) is 19.9 Å². The molecular formula is C20H22N4O2. The summed E-state index contributed by atoms with van der Waals surface area (Å²) in [6.45, 7) is 8.24. The van der Waals surface area contributed by atoms with Gasteiger partial charge in [0, 0.05) is 35.6 Å². The van der Waals surface area contributed by atoms with E-state index in [2.05, 4.69) is 15.3 Å². The molecule has 6 heteroatoms. The number of benzene rings is 1. The molecule has 134 valence electrons. The number of hydrogen-bond acceptors (Lipinski definition) is 4. The van der Waals surface area contributed by atoms with Gasteiger partial charge in [0.15, 0.2) is 0 Å². The summed E-state index contributed by atoms with van der Waals surface area (Å²) < 4.78 is 1.56. The number of para-hydroxylation sites is 1. The monoisotopic (exact) mass is 350 g/mol. The summed E-state index contributed by atoms with van der Waals surface area (Å²) in [5.41, 5.74) is 4.51. The highest BCUT2D eigenvalue weighted by molar-refractivity contribution is 6.06. The fraction of sp³-hybridized carbons (Fsp3) is 0.300. The van der Waals surface area contributed by atoms with Crippen molar-refractivity contribution < 1.29 is 4.79 Å². The molecule has 0 aliphatic rings. The zero-order valence-electron chi connectivity index (χ0n) is 15.5. The molecule has 0 radical (unpaired) electrons.